The van der Waals surface area contributed by atoms with Gasteiger partial charge in [-0.15, -0.1) is 0 Å². The molecule has 0 atom stereocenters. The van der Waals surface area contributed by atoms with Crippen molar-refractivity contribution in [3.05, 3.63) is 63.8 Å². The highest BCUT2D eigenvalue weighted by atomic mass is 16.6. The summed E-state index contributed by atoms with van der Waals surface area (Å²) in [6.07, 6.45) is 0.544. The normalized spacial score (nSPS) is 10.8. The van der Waals surface area contributed by atoms with E-state index in [1.165, 1.54) is 18.2 Å². The Hall–Kier alpha value is -3.42. The van der Waals surface area contributed by atoms with Crippen LogP contribution in [0.3, 0.4) is 0 Å². The molecule has 2 aromatic carbocycles. The minimum Gasteiger partial charge on any atom is -0.398 e. The number of nitrogen functional groups attached to an aromatic ring is 1. The van der Waals surface area contributed by atoms with Crippen LogP contribution in [-0.4, -0.2) is 27.2 Å². The van der Waals surface area contributed by atoms with Gasteiger partial charge in [-0.3, -0.25) is 19.6 Å². The molecule has 8 heteroatoms. The number of para-hydroxylation sites is 1. The van der Waals surface area contributed by atoms with E-state index in [0.29, 0.717) is 13.0 Å². The van der Waals surface area contributed by atoms with Crippen LogP contribution in [0.5, 0.6) is 0 Å². The lowest BCUT2D eigenvalue weighted by molar-refractivity contribution is -0.384. The SMILES string of the molecule is Cn1nc(CCNC(=O)c2cc([N+](=O)[O-])ccc2N)c2ccccc21. The highest BCUT2D eigenvalue weighted by Crippen LogP contribution is 2.20. The number of hydrogen-bond donors (Lipinski definition) is 2. The average Bonchev–Trinajstić information content (AvgIpc) is 2.91. The van der Waals surface area contributed by atoms with Crippen molar-refractivity contribution < 1.29 is 9.72 Å². The molecular weight excluding hydrogens is 322 g/mol. The summed E-state index contributed by atoms with van der Waals surface area (Å²) >= 11 is 0. The minimum atomic E-state index is -0.559. The van der Waals surface area contributed by atoms with Gasteiger partial charge in [-0.2, -0.15) is 5.10 Å². The molecule has 0 radical (unpaired) electrons. The molecule has 3 N–H and O–H groups in total. The van der Waals surface area contributed by atoms with Gasteiger partial charge in [0.05, 0.1) is 21.7 Å². The van der Waals surface area contributed by atoms with E-state index in [1.54, 1.807) is 4.68 Å². The number of fused-ring (bicyclic) bond motifs is 1. The zero-order valence-corrected chi connectivity index (χ0v) is 13.6. The first-order valence-electron chi connectivity index (χ1n) is 7.70. The molecule has 0 aliphatic carbocycles. The van der Waals surface area contributed by atoms with Crippen LogP contribution in [-0.2, 0) is 13.5 Å². The first-order chi connectivity index (χ1) is 12.0. The van der Waals surface area contributed by atoms with Crippen molar-refractivity contribution >= 4 is 28.2 Å². The Kier molecular flexibility index (Phi) is 4.34. The Balaban J connectivity index is 1.70. The summed E-state index contributed by atoms with van der Waals surface area (Å²) in [5, 5.41) is 19.1. The van der Waals surface area contributed by atoms with Gasteiger partial charge in [0.25, 0.3) is 11.6 Å². The molecule has 3 aromatic rings. The third-order valence-electron chi connectivity index (χ3n) is 3.97. The number of nitrogens with zero attached hydrogens (tertiary/aromatic N) is 3. The van der Waals surface area contributed by atoms with Gasteiger partial charge in [0.15, 0.2) is 0 Å². The summed E-state index contributed by atoms with van der Waals surface area (Å²) in [4.78, 5) is 22.5. The van der Waals surface area contributed by atoms with Gasteiger partial charge in [0, 0.05) is 43.2 Å². The molecule has 0 aliphatic rings. The molecule has 1 amide bonds. The maximum absolute atomic E-state index is 12.3. The number of non-ortho nitro benzene ring substituents is 1. The lowest BCUT2D eigenvalue weighted by Gasteiger charge is -2.07. The number of nitrogens with one attached hydrogen (secondary N) is 1. The van der Waals surface area contributed by atoms with Gasteiger partial charge in [0.2, 0.25) is 0 Å². The van der Waals surface area contributed by atoms with Crippen molar-refractivity contribution in [2.45, 2.75) is 6.42 Å². The monoisotopic (exact) mass is 339 g/mol. The van der Waals surface area contributed by atoms with E-state index in [2.05, 4.69) is 10.4 Å². The lowest BCUT2D eigenvalue weighted by Crippen LogP contribution is -2.26. The fraction of sp³-hybridized carbons (Fsp3) is 0.176. The third kappa shape index (κ3) is 3.27. The van der Waals surface area contributed by atoms with Crippen LogP contribution < -0.4 is 11.1 Å². The second kappa shape index (κ2) is 6.60. The standard InChI is InChI=1S/C17H17N5O3/c1-21-16-5-3-2-4-12(16)15(20-21)8-9-19-17(23)13-10-11(22(24)25)6-7-14(13)18/h2-7,10H,8-9,18H2,1H3,(H,19,23). The van der Waals surface area contributed by atoms with Gasteiger partial charge in [0.1, 0.15) is 0 Å². The molecule has 25 heavy (non-hydrogen) atoms. The fourth-order valence-corrected chi connectivity index (χ4v) is 2.72. The van der Waals surface area contributed by atoms with Crippen LogP contribution in [0.4, 0.5) is 11.4 Å². The number of anilines is 1. The van der Waals surface area contributed by atoms with Crippen molar-refractivity contribution in [1.29, 1.82) is 0 Å². The fourth-order valence-electron chi connectivity index (χ4n) is 2.72. The van der Waals surface area contributed by atoms with E-state index in [9.17, 15) is 14.9 Å². The summed E-state index contributed by atoms with van der Waals surface area (Å²) in [7, 11) is 1.87. The van der Waals surface area contributed by atoms with E-state index >= 15 is 0 Å². The summed E-state index contributed by atoms with van der Waals surface area (Å²) in [6, 6.07) is 11.7. The average molecular weight is 339 g/mol. The van der Waals surface area contributed by atoms with E-state index in [1.807, 2.05) is 31.3 Å². The minimum absolute atomic E-state index is 0.0973. The quantitative estimate of drug-likeness (QED) is 0.419. The number of benzene rings is 2. The van der Waals surface area contributed by atoms with Crippen molar-refractivity contribution in [2.24, 2.45) is 7.05 Å². The lowest BCUT2D eigenvalue weighted by atomic mass is 10.1. The maximum Gasteiger partial charge on any atom is 0.270 e. The molecule has 0 bridgehead atoms. The smallest absolute Gasteiger partial charge is 0.270 e. The number of nitrogens with two attached hydrogens (primary N) is 1. The molecule has 128 valence electrons. The van der Waals surface area contributed by atoms with Gasteiger partial charge >= 0.3 is 0 Å². The molecule has 0 saturated heterocycles. The highest BCUT2D eigenvalue weighted by molar-refractivity contribution is 5.99. The predicted octanol–water partition coefficient (Wildman–Crippen LogP) is 2.04. The van der Waals surface area contributed by atoms with Crippen LogP contribution in [0.25, 0.3) is 10.9 Å². The van der Waals surface area contributed by atoms with Gasteiger partial charge in [-0.25, -0.2) is 0 Å². The van der Waals surface area contributed by atoms with Crippen LogP contribution in [0.2, 0.25) is 0 Å². The zero-order chi connectivity index (χ0) is 18.0. The second-order valence-electron chi connectivity index (χ2n) is 5.62. The highest BCUT2D eigenvalue weighted by Gasteiger charge is 2.15. The van der Waals surface area contributed by atoms with Crippen LogP contribution in [0.1, 0.15) is 16.1 Å². The molecule has 3 rings (SSSR count). The Bertz CT molecular complexity index is 964. The molecule has 1 aromatic heterocycles. The van der Waals surface area contributed by atoms with Crippen molar-refractivity contribution in [1.82, 2.24) is 15.1 Å². The number of carbonyl (C=O) groups is 1. The number of nitro groups is 1. The first kappa shape index (κ1) is 16.4. The molecule has 0 unspecified atom stereocenters. The molecule has 8 nitrogen and oxygen atoms in total. The van der Waals surface area contributed by atoms with Gasteiger partial charge in [-0.05, 0) is 12.1 Å². The van der Waals surface area contributed by atoms with E-state index in [0.717, 1.165) is 16.6 Å². The summed E-state index contributed by atoms with van der Waals surface area (Å²) < 4.78 is 1.80. The molecule has 0 spiro atoms. The number of nitro benzene ring substituents is 1. The molecule has 0 fully saturated rings. The van der Waals surface area contributed by atoms with E-state index in [4.69, 9.17) is 5.73 Å². The van der Waals surface area contributed by atoms with Crippen LogP contribution >= 0.6 is 0 Å². The summed E-state index contributed by atoms with van der Waals surface area (Å²) in [5.74, 6) is -0.443. The molecule has 0 saturated carbocycles. The first-order valence-corrected chi connectivity index (χ1v) is 7.70. The largest absolute Gasteiger partial charge is 0.398 e. The number of rotatable bonds is 5. The Labute approximate surface area is 143 Å². The topological polar surface area (TPSA) is 116 Å². The Morgan fingerprint density at radius 2 is 2.08 bits per heavy atom. The van der Waals surface area contributed by atoms with Crippen LogP contribution in [0, 0.1) is 10.1 Å². The molecular formula is C17H17N5O3. The Morgan fingerprint density at radius 3 is 2.84 bits per heavy atom. The number of aryl methyl sites for hydroxylation is 1. The number of amides is 1. The van der Waals surface area contributed by atoms with Crippen molar-refractivity contribution in [3.63, 3.8) is 0 Å². The van der Waals surface area contributed by atoms with Gasteiger partial charge in [-0.1, -0.05) is 18.2 Å². The second-order valence-corrected chi connectivity index (χ2v) is 5.62. The molecule has 1 heterocycles. The molecule has 0 aliphatic heterocycles. The van der Waals surface area contributed by atoms with E-state index < -0.39 is 10.8 Å². The maximum atomic E-state index is 12.3. The zero-order valence-electron chi connectivity index (χ0n) is 13.6. The number of aromatic nitrogens is 2. The van der Waals surface area contributed by atoms with Crippen molar-refractivity contribution in [3.8, 4) is 0 Å². The summed E-state index contributed by atoms with van der Waals surface area (Å²) in [6.45, 7) is 0.349. The predicted molar refractivity (Wildman–Crippen MR) is 94.3 cm³/mol. The van der Waals surface area contributed by atoms with Crippen LogP contribution in [0.15, 0.2) is 42.5 Å². The Morgan fingerprint density at radius 1 is 1.32 bits per heavy atom. The van der Waals surface area contributed by atoms with Crippen molar-refractivity contribution in [2.75, 3.05) is 12.3 Å². The van der Waals surface area contributed by atoms with E-state index in [-0.39, 0.29) is 16.9 Å². The number of carbonyl (C=O) groups excluding carboxylic acids is 1. The number of hydrogen-bond acceptors (Lipinski definition) is 5. The summed E-state index contributed by atoms with van der Waals surface area (Å²) in [5.41, 5.74) is 7.78. The van der Waals surface area contributed by atoms with Gasteiger partial charge < -0.3 is 11.1 Å². The third-order valence-corrected chi connectivity index (χ3v) is 3.97.